The van der Waals surface area contributed by atoms with Crippen molar-refractivity contribution in [3.05, 3.63) is 53.7 Å². The number of hydrogen-bond donors (Lipinski definition) is 1. The van der Waals surface area contributed by atoms with Crippen molar-refractivity contribution in [2.24, 2.45) is 0 Å². The van der Waals surface area contributed by atoms with Crippen LogP contribution in [0.2, 0.25) is 0 Å². The molecule has 3 rings (SSSR count). The van der Waals surface area contributed by atoms with Crippen LogP contribution in [-0.4, -0.2) is 24.0 Å². The molecule has 1 saturated heterocycles. The maximum atomic E-state index is 13.2. The number of anilines is 2. The lowest BCUT2D eigenvalue weighted by Crippen LogP contribution is -2.24. The molecular weight excluding hydrogens is 288 g/mol. The summed E-state index contributed by atoms with van der Waals surface area (Å²) < 4.78 is 26.4. The van der Waals surface area contributed by atoms with Crippen LogP contribution in [0.4, 0.5) is 20.3 Å². The Balaban J connectivity index is 1.86. The molecule has 4 nitrogen and oxygen atoms in total. The van der Waals surface area contributed by atoms with E-state index in [4.69, 9.17) is 0 Å². The molecule has 1 aliphatic heterocycles. The van der Waals surface area contributed by atoms with E-state index >= 15 is 0 Å². The van der Waals surface area contributed by atoms with E-state index < -0.39 is 17.5 Å². The van der Waals surface area contributed by atoms with Crippen molar-refractivity contribution in [3.8, 4) is 0 Å². The molecular formula is C16H15F2N3O. The summed E-state index contributed by atoms with van der Waals surface area (Å²) in [6.07, 6.45) is 3.76. The SMILES string of the molecule is O=C(Nc1cc(F)cc(F)c1)c1cccnc1N1CCCC1. The van der Waals surface area contributed by atoms with Gasteiger partial charge in [0.25, 0.3) is 5.91 Å². The number of carbonyl (C=O) groups excluding carboxylic acids is 1. The number of nitrogens with zero attached hydrogens (tertiary/aromatic N) is 2. The molecule has 0 unspecified atom stereocenters. The van der Waals surface area contributed by atoms with Gasteiger partial charge in [0.05, 0.1) is 5.56 Å². The average molecular weight is 303 g/mol. The molecule has 1 aromatic carbocycles. The highest BCUT2D eigenvalue weighted by molar-refractivity contribution is 6.07. The number of benzene rings is 1. The first-order chi connectivity index (χ1) is 10.6. The highest BCUT2D eigenvalue weighted by atomic mass is 19.1. The Morgan fingerprint density at radius 3 is 2.50 bits per heavy atom. The van der Waals surface area contributed by atoms with Gasteiger partial charge in [0.2, 0.25) is 0 Å². The second kappa shape index (κ2) is 6.09. The quantitative estimate of drug-likeness (QED) is 0.947. The number of aromatic nitrogens is 1. The zero-order valence-corrected chi connectivity index (χ0v) is 11.9. The van der Waals surface area contributed by atoms with Crippen LogP contribution < -0.4 is 10.2 Å². The molecule has 0 bridgehead atoms. The first-order valence-electron chi connectivity index (χ1n) is 7.11. The van der Waals surface area contributed by atoms with E-state index in [1.54, 1.807) is 18.3 Å². The number of hydrogen-bond acceptors (Lipinski definition) is 3. The molecule has 0 spiro atoms. The fourth-order valence-electron chi connectivity index (χ4n) is 2.58. The average Bonchev–Trinajstić information content (AvgIpc) is 3.00. The van der Waals surface area contributed by atoms with Gasteiger partial charge in [0.15, 0.2) is 0 Å². The van der Waals surface area contributed by atoms with E-state index in [-0.39, 0.29) is 5.69 Å². The van der Waals surface area contributed by atoms with Gasteiger partial charge in [0, 0.05) is 31.0 Å². The fraction of sp³-hybridized carbons (Fsp3) is 0.250. The Kier molecular flexibility index (Phi) is 4.00. The maximum absolute atomic E-state index is 13.2. The Bertz CT molecular complexity index is 679. The van der Waals surface area contributed by atoms with E-state index in [1.165, 1.54) is 0 Å². The minimum absolute atomic E-state index is 0.0822. The lowest BCUT2D eigenvalue weighted by molar-refractivity contribution is 0.102. The molecule has 6 heteroatoms. The molecule has 2 heterocycles. The highest BCUT2D eigenvalue weighted by Gasteiger charge is 2.20. The maximum Gasteiger partial charge on any atom is 0.259 e. The molecule has 22 heavy (non-hydrogen) atoms. The largest absolute Gasteiger partial charge is 0.356 e. The van der Waals surface area contributed by atoms with E-state index in [0.717, 1.165) is 44.1 Å². The van der Waals surface area contributed by atoms with Crippen LogP contribution >= 0.6 is 0 Å². The van der Waals surface area contributed by atoms with Gasteiger partial charge in [-0.25, -0.2) is 13.8 Å². The van der Waals surface area contributed by atoms with Crippen molar-refractivity contribution in [2.75, 3.05) is 23.3 Å². The third-order valence-electron chi connectivity index (χ3n) is 3.56. The van der Waals surface area contributed by atoms with Crippen molar-refractivity contribution in [1.29, 1.82) is 0 Å². The van der Waals surface area contributed by atoms with Crippen molar-refractivity contribution < 1.29 is 13.6 Å². The van der Waals surface area contributed by atoms with Gasteiger partial charge < -0.3 is 10.2 Å². The summed E-state index contributed by atoms with van der Waals surface area (Å²) in [6.45, 7) is 1.71. The molecule has 2 aromatic rings. The number of rotatable bonds is 3. The Morgan fingerprint density at radius 2 is 1.82 bits per heavy atom. The molecule has 1 fully saturated rings. The summed E-state index contributed by atoms with van der Waals surface area (Å²) in [4.78, 5) is 18.7. The van der Waals surface area contributed by atoms with Crippen LogP contribution in [0.25, 0.3) is 0 Å². The first kappa shape index (κ1) is 14.4. The normalized spacial score (nSPS) is 14.2. The summed E-state index contributed by atoms with van der Waals surface area (Å²) >= 11 is 0. The van der Waals surface area contributed by atoms with E-state index in [9.17, 15) is 13.6 Å². The number of nitrogens with one attached hydrogen (secondary N) is 1. The summed E-state index contributed by atoms with van der Waals surface area (Å²) in [6, 6.07) is 6.24. The highest BCUT2D eigenvalue weighted by Crippen LogP contribution is 2.23. The first-order valence-corrected chi connectivity index (χ1v) is 7.11. The lowest BCUT2D eigenvalue weighted by Gasteiger charge is -2.19. The summed E-state index contributed by atoms with van der Waals surface area (Å²) in [5.74, 6) is -1.29. The fourth-order valence-corrected chi connectivity index (χ4v) is 2.58. The molecule has 1 aromatic heterocycles. The smallest absolute Gasteiger partial charge is 0.259 e. The van der Waals surface area contributed by atoms with Gasteiger partial charge in [-0.05, 0) is 37.1 Å². The summed E-state index contributed by atoms with van der Waals surface area (Å²) in [5, 5.41) is 2.52. The molecule has 0 saturated carbocycles. The zero-order chi connectivity index (χ0) is 15.5. The molecule has 1 aliphatic rings. The van der Waals surface area contributed by atoms with Crippen LogP contribution in [0, 0.1) is 11.6 Å². The van der Waals surface area contributed by atoms with Crippen molar-refractivity contribution in [3.63, 3.8) is 0 Å². The Hall–Kier alpha value is -2.50. The van der Waals surface area contributed by atoms with Crippen molar-refractivity contribution in [2.45, 2.75) is 12.8 Å². The minimum atomic E-state index is -0.735. The standard InChI is InChI=1S/C16H15F2N3O/c17-11-8-12(18)10-13(9-11)20-16(22)14-4-3-5-19-15(14)21-6-1-2-7-21/h3-5,8-10H,1-2,6-7H2,(H,20,22). The van der Waals surface area contributed by atoms with Gasteiger partial charge in [-0.1, -0.05) is 0 Å². The van der Waals surface area contributed by atoms with Crippen LogP contribution in [-0.2, 0) is 0 Å². The zero-order valence-electron chi connectivity index (χ0n) is 11.9. The summed E-state index contributed by atoms with van der Waals surface area (Å²) in [7, 11) is 0. The van der Waals surface area contributed by atoms with Crippen LogP contribution in [0.3, 0.4) is 0 Å². The monoisotopic (exact) mass is 303 g/mol. The third kappa shape index (κ3) is 3.05. The Labute approximate surface area is 126 Å². The predicted molar refractivity (Wildman–Crippen MR) is 80.0 cm³/mol. The lowest BCUT2D eigenvalue weighted by atomic mass is 10.2. The second-order valence-electron chi connectivity index (χ2n) is 5.18. The topological polar surface area (TPSA) is 45.2 Å². The molecule has 0 atom stereocenters. The number of carbonyl (C=O) groups is 1. The number of halogens is 2. The third-order valence-corrected chi connectivity index (χ3v) is 3.56. The van der Waals surface area contributed by atoms with Crippen LogP contribution in [0.5, 0.6) is 0 Å². The van der Waals surface area contributed by atoms with Crippen LogP contribution in [0.15, 0.2) is 36.5 Å². The van der Waals surface area contributed by atoms with Crippen LogP contribution in [0.1, 0.15) is 23.2 Å². The van der Waals surface area contributed by atoms with Gasteiger partial charge in [0.1, 0.15) is 17.5 Å². The summed E-state index contributed by atoms with van der Waals surface area (Å²) in [5.41, 5.74) is 0.479. The van der Waals surface area contributed by atoms with Crippen molar-refractivity contribution >= 4 is 17.4 Å². The minimum Gasteiger partial charge on any atom is -0.356 e. The second-order valence-corrected chi connectivity index (χ2v) is 5.18. The van der Waals surface area contributed by atoms with Gasteiger partial charge >= 0.3 is 0 Å². The molecule has 1 N–H and O–H groups in total. The number of pyridine rings is 1. The van der Waals surface area contributed by atoms with Gasteiger partial charge in [-0.15, -0.1) is 0 Å². The molecule has 0 aliphatic carbocycles. The predicted octanol–water partition coefficient (Wildman–Crippen LogP) is 3.21. The van der Waals surface area contributed by atoms with Gasteiger partial charge in [-0.2, -0.15) is 0 Å². The van der Waals surface area contributed by atoms with Crippen molar-refractivity contribution in [1.82, 2.24) is 4.98 Å². The Morgan fingerprint density at radius 1 is 1.14 bits per heavy atom. The van der Waals surface area contributed by atoms with E-state index in [2.05, 4.69) is 10.3 Å². The van der Waals surface area contributed by atoms with Gasteiger partial charge in [-0.3, -0.25) is 4.79 Å². The van der Waals surface area contributed by atoms with E-state index in [1.807, 2.05) is 4.90 Å². The molecule has 114 valence electrons. The molecule has 1 amide bonds. The number of amides is 1. The molecule has 0 radical (unpaired) electrons. The van der Waals surface area contributed by atoms with E-state index in [0.29, 0.717) is 11.4 Å².